The number of aldehydes is 2. The fourth-order valence-electron chi connectivity index (χ4n) is 2.83. The van der Waals surface area contributed by atoms with Crippen molar-refractivity contribution in [3.8, 4) is 0 Å². The molecule has 2 aromatic heterocycles. The third-order valence-electron chi connectivity index (χ3n) is 4.59. The fourth-order valence-corrected chi connectivity index (χ4v) is 2.83. The van der Waals surface area contributed by atoms with Crippen molar-refractivity contribution in [2.75, 3.05) is 30.5 Å². The lowest BCUT2D eigenvalue weighted by Gasteiger charge is -2.19. The number of aliphatic carboxylic acids is 1. The third kappa shape index (κ3) is 7.18. The van der Waals surface area contributed by atoms with Gasteiger partial charge in [0.15, 0.2) is 17.0 Å². The number of likely N-dealkylation sites (N-methyl/N-ethyl adjacent to an activating group) is 1. The van der Waals surface area contributed by atoms with Crippen LogP contribution in [0.25, 0.3) is 11.2 Å². The number of nitrogens with zero attached hydrogens (tertiary/aromatic N) is 5. The number of nitrogens with one attached hydrogen (secondary N) is 1. The van der Waals surface area contributed by atoms with Crippen LogP contribution in [0.1, 0.15) is 28.9 Å². The Balaban J connectivity index is 0.000000328. The Bertz CT molecular complexity index is 1110. The number of carbonyl (C=O) groups excluding carboxylic acids is 2. The Hall–Kier alpha value is -4.19. The van der Waals surface area contributed by atoms with Gasteiger partial charge in [-0.3, -0.25) is 9.59 Å². The molecule has 0 saturated carbocycles. The molecule has 0 spiro atoms. The van der Waals surface area contributed by atoms with Gasteiger partial charge in [0, 0.05) is 24.7 Å². The quantitative estimate of drug-likeness (QED) is 0.331. The van der Waals surface area contributed by atoms with Gasteiger partial charge in [0.2, 0.25) is 5.95 Å². The zero-order valence-corrected chi connectivity index (χ0v) is 18.3. The molecule has 0 amide bonds. The molecule has 0 saturated heterocycles. The van der Waals surface area contributed by atoms with E-state index in [0.717, 1.165) is 17.7 Å². The van der Waals surface area contributed by atoms with Crippen LogP contribution in [0.4, 0.5) is 17.5 Å². The Morgan fingerprint density at radius 3 is 2.45 bits per heavy atom. The number of nitrogens with two attached hydrogens (primary N) is 2. The maximum Gasteiger partial charge on any atom is 0.320 e. The molecule has 1 aromatic carbocycles. The predicted molar refractivity (Wildman–Crippen MR) is 124 cm³/mol. The second-order valence-corrected chi connectivity index (χ2v) is 6.99. The summed E-state index contributed by atoms with van der Waals surface area (Å²) < 4.78 is 0. The summed E-state index contributed by atoms with van der Waals surface area (Å²) in [6.45, 7) is 0.521. The van der Waals surface area contributed by atoms with Crippen LogP contribution in [-0.4, -0.2) is 63.7 Å². The van der Waals surface area contributed by atoms with Crippen LogP contribution in [0.2, 0.25) is 0 Å². The van der Waals surface area contributed by atoms with E-state index >= 15 is 0 Å². The third-order valence-corrected chi connectivity index (χ3v) is 4.59. The lowest BCUT2D eigenvalue weighted by Crippen LogP contribution is -2.33. The summed E-state index contributed by atoms with van der Waals surface area (Å²) in [6, 6.07) is 6.68. The summed E-state index contributed by atoms with van der Waals surface area (Å²) in [7, 11) is 3.48. The highest BCUT2D eigenvalue weighted by Crippen LogP contribution is 2.18. The van der Waals surface area contributed by atoms with Crippen molar-refractivity contribution in [2.45, 2.75) is 25.4 Å². The molecule has 0 aliphatic heterocycles. The number of carbonyl (C=O) groups is 3. The van der Waals surface area contributed by atoms with Crippen molar-refractivity contribution in [2.24, 2.45) is 0 Å². The van der Waals surface area contributed by atoms with E-state index < -0.39 is 12.0 Å². The van der Waals surface area contributed by atoms with E-state index in [0.29, 0.717) is 36.0 Å². The first-order valence-corrected chi connectivity index (χ1v) is 9.93. The Morgan fingerprint density at radius 1 is 1.18 bits per heavy atom. The molecule has 0 aliphatic carbocycles. The highest BCUT2D eigenvalue weighted by molar-refractivity contribution is 5.81. The van der Waals surface area contributed by atoms with Gasteiger partial charge in [0.25, 0.3) is 0 Å². The average Bonchev–Trinajstić information content (AvgIpc) is 2.80. The molecule has 12 nitrogen and oxygen atoms in total. The molecule has 2 heterocycles. The van der Waals surface area contributed by atoms with Crippen molar-refractivity contribution in [3.05, 3.63) is 41.7 Å². The molecule has 12 heteroatoms. The Kier molecular flexibility index (Phi) is 9.12. The van der Waals surface area contributed by atoms with Crippen LogP contribution in [0.5, 0.6) is 0 Å². The molecule has 6 N–H and O–H groups in total. The molecular formula is C21H26N8O4. The lowest BCUT2D eigenvalue weighted by molar-refractivity contribution is -0.139. The van der Waals surface area contributed by atoms with E-state index in [9.17, 15) is 14.4 Å². The number of carboxylic acid groups (broad SMARTS) is 1. The highest BCUT2D eigenvalue weighted by Gasteiger charge is 2.13. The zero-order valence-electron chi connectivity index (χ0n) is 18.3. The van der Waals surface area contributed by atoms with Gasteiger partial charge in [-0.1, -0.05) is 0 Å². The monoisotopic (exact) mass is 454 g/mol. The smallest absolute Gasteiger partial charge is 0.320 e. The van der Waals surface area contributed by atoms with Gasteiger partial charge < -0.3 is 31.6 Å². The summed E-state index contributed by atoms with van der Waals surface area (Å²) in [4.78, 5) is 49.3. The zero-order chi connectivity index (χ0) is 24.4. The maximum atomic E-state index is 10.7. The van der Waals surface area contributed by atoms with Crippen LogP contribution in [0.15, 0.2) is 30.5 Å². The first-order chi connectivity index (χ1) is 15.8. The molecule has 174 valence electrons. The Labute approximate surface area is 190 Å². The number of rotatable bonds is 9. The number of nitrogen functional groups attached to an aromatic ring is 2. The SMILES string of the molecule is CN(Cc1cnc2nc(N)nc(N)c2n1)c1ccc(C=O)cc1.CNC(CCC=O)C(=O)O. The largest absolute Gasteiger partial charge is 0.480 e. The number of anilines is 3. The highest BCUT2D eigenvalue weighted by atomic mass is 16.4. The number of hydrogen-bond donors (Lipinski definition) is 4. The van der Waals surface area contributed by atoms with Crippen LogP contribution < -0.4 is 21.7 Å². The minimum absolute atomic E-state index is 0.0736. The van der Waals surface area contributed by atoms with E-state index in [1.54, 1.807) is 25.4 Å². The number of benzene rings is 1. The molecule has 0 bridgehead atoms. The average molecular weight is 454 g/mol. The van der Waals surface area contributed by atoms with Crippen molar-refractivity contribution in [3.63, 3.8) is 0 Å². The summed E-state index contributed by atoms with van der Waals surface area (Å²) >= 11 is 0. The lowest BCUT2D eigenvalue weighted by atomic mass is 10.2. The molecule has 33 heavy (non-hydrogen) atoms. The molecule has 0 radical (unpaired) electrons. The summed E-state index contributed by atoms with van der Waals surface area (Å²) in [5.74, 6) is -0.631. The van der Waals surface area contributed by atoms with Gasteiger partial charge in [-0.05, 0) is 37.7 Å². The first-order valence-electron chi connectivity index (χ1n) is 9.93. The summed E-state index contributed by atoms with van der Waals surface area (Å²) in [5.41, 5.74) is 14.5. The van der Waals surface area contributed by atoms with Gasteiger partial charge in [-0.2, -0.15) is 9.97 Å². The van der Waals surface area contributed by atoms with Gasteiger partial charge in [-0.25, -0.2) is 9.97 Å². The summed E-state index contributed by atoms with van der Waals surface area (Å²) in [5, 5.41) is 11.0. The van der Waals surface area contributed by atoms with E-state index in [1.807, 2.05) is 24.1 Å². The van der Waals surface area contributed by atoms with E-state index in [2.05, 4.69) is 25.3 Å². The van der Waals surface area contributed by atoms with Crippen molar-refractivity contribution >= 4 is 47.2 Å². The number of fused-ring (bicyclic) bond motifs is 1. The predicted octanol–water partition coefficient (Wildman–Crippen LogP) is 0.671. The molecule has 3 aromatic rings. The topological polar surface area (TPSA) is 190 Å². The maximum absolute atomic E-state index is 10.7. The van der Waals surface area contributed by atoms with Gasteiger partial charge in [-0.15, -0.1) is 0 Å². The molecule has 0 fully saturated rings. The van der Waals surface area contributed by atoms with Crippen LogP contribution >= 0.6 is 0 Å². The van der Waals surface area contributed by atoms with Crippen molar-refractivity contribution in [1.29, 1.82) is 0 Å². The van der Waals surface area contributed by atoms with Crippen molar-refractivity contribution in [1.82, 2.24) is 25.3 Å². The van der Waals surface area contributed by atoms with Gasteiger partial charge in [0.1, 0.15) is 18.6 Å². The number of aromatic nitrogens is 4. The number of hydrogen-bond acceptors (Lipinski definition) is 11. The van der Waals surface area contributed by atoms with E-state index in [1.165, 1.54) is 0 Å². The number of carboxylic acids is 1. The van der Waals surface area contributed by atoms with Crippen LogP contribution in [0, 0.1) is 0 Å². The fraction of sp³-hybridized carbons (Fsp3) is 0.286. The van der Waals surface area contributed by atoms with E-state index in [4.69, 9.17) is 16.6 Å². The minimum atomic E-state index is -0.913. The molecule has 1 unspecified atom stereocenters. The minimum Gasteiger partial charge on any atom is -0.480 e. The van der Waals surface area contributed by atoms with Gasteiger partial charge >= 0.3 is 5.97 Å². The molecule has 3 rings (SSSR count). The van der Waals surface area contributed by atoms with Crippen LogP contribution in [0.3, 0.4) is 0 Å². The molecule has 0 aliphatic rings. The Morgan fingerprint density at radius 2 is 1.88 bits per heavy atom. The normalized spacial score (nSPS) is 11.2. The molecule has 1 atom stereocenters. The second-order valence-electron chi connectivity index (χ2n) is 6.99. The van der Waals surface area contributed by atoms with E-state index in [-0.39, 0.29) is 18.2 Å². The molecular weight excluding hydrogens is 428 g/mol. The van der Waals surface area contributed by atoms with Crippen LogP contribution in [-0.2, 0) is 16.1 Å². The van der Waals surface area contributed by atoms with Gasteiger partial charge in [0.05, 0.1) is 18.4 Å². The first kappa shape index (κ1) is 25.1. The summed E-state index contributed by atoms with van der Waals surface area (Å²) in [6.07, 6.45) is 3.80. The standard InChI is InChI=1S/C15H15N7O.C6H11NO3/c1-22(11-4-2-9(8-23)3-5-11)7-10-6-18-14-12(19-10)13(16)20-15(17)21-14;1-7-5(6(9)10)3-2-4-8/h2-6,8H,7H2,1H3,(H4,16,17,18,20,21);4-5,7H,2-3H2,1H3,(H,9,10). The van der Waals surface area contributed by atoms with Crippen molar-refractivity contribution < 1.29 is 19.5 Å². The second kappa shape index (κ2) is 12.0.